The second kappa shape index (κ2) is 6.00. The summed E-state index contributed by atoms with van der Waals surface area (Å²) in [5, 5.41) is 7.64. The minimum atomic E-state index is -1.16. The summed E-state index contributed by atoms with van der Waals surface area (Å²) in [5.41, 5.74) is -0.164. The summed E-state index contributed by atoms with van der Waals surface area (Å²) in [6.45, 7) is 2.82. The van der Waals surface area contributed by atoms with Crippen LogP contribution in [0.1, 0.15) is 35.7 Å². The van der Waals surface area contributed by atoms with Crippen LogP contribution in [0.2, 0.25) is 0 Å². The molecule has 2 heterocycles. The fourth-order valence-electron chi connectivity index (χ4n) is 2.83. The summed E-state index contributed by atoms with van der Waals surface area (Å²) in [6, 6.07) is 6.16. The summed E-state index contributed by atoms with van der Waals surface area (Å²) in [7, 11) is 0. The Labute approximate surface area is 133 Å². The minimum Gasteiger partial charge on any atom is -0.376 e. The van der Waals surface area contributed by atoms with Gasteiger partial charge in [-0.2, -0.15) is 0 Å². The predicted molar refractivity (Wildman–Crippen MR) is 81.8 cm³/mol. The first-order valence-electron chi connectivity index (χ1n) is 7.63. The molecule has 122 valence electrons. The number of ether oxygens (including phenoxy) is 1. The highest BCUT2D eigenvalue weighted by Gasteiger charge is 2.43. The number of nitrogens with one attached hydrogen (secondary N) is 3. The number of amides is 4. The SMILES string of the molecule is CC1(c2cccc(C(=O)NCC3CCCO3)c2)NC(=O)NC1=O. The Bertz CT molecular complexity index is 654. The normalized spacial score (nSPS) is 26.7. The first-order chi connectivity index (χ1) is 11.0. The fourth-order valence-corrected chi connectivity index (χ4v) is 2.83. The summed E-state index contributed by atoms with van der Waals surface area (Å²) < 4.78 is 5.47. The Hall–Kier alpha value is -2.41. The lowest BCUT2D eigenvalue weighted by molar-refractivity contribution is -0.123. The van der Waals surface area contributed by atoms with E-state index in [1.165, 1.54) is 0 Å². The van der Waals surface area contributed by atoms with Crippen LogP contribution in [0.15, 0.2) is 24.3 Å². The molecule has 2 atom stereocenters. The lowest BCUT2D eigenvalue weighted by atomic mass is 9.91. The van der Waals surface area contributed by atoms with E-state index in [1.54, 1.807) is 31.2 Å². The quantitative estimate of drug-likeness (QED) is 0.710. The zero-order valence-corrected chi connectivity index (χ0v) is 12.8. The van der Waals surface area contributed by atoms with Crippen LogP contribution >= 0.6 is 0 Å². The van der Waals surface area contributed by atoms with Crippen LogP contribution in [0.3, 0.4) is 0 Å². The lowest BCUT2D eigenvalue weighted by Crippen LogP contribution is -2.40. The van der Waals surface area contributed by atoms with Gasteiger partial charge in [0, 0.05) is 18.7 Å². The molecule has 2 fully saturated rings. The van der Waals surface area contributed by atoms with Gasteiger partial charge in [0.2, 0.25) is 0 Å². The van der Waals surface area contributed by atoms with Crippen molar-refractivity contribution < 1.29 is 19.1 Å². The van der Waals surface area contributed by atoms with Gasteiger partial charge in [0.15, 0.2) is 0 Å². The average molecular weight is 317 g/mol. The monoisotopic (exact) mass is 317 g/mol. The molecule has 0 aliphatic carbocycles. The van der Waals surface area contributed by atoms with E-state index in [-0.39, 0.29) is 12.0 Å². The van der Waals surface area contributed by atoms with Gasteiger partial charge in [-0.05, 0) is 37.5 Å². The van der Waals surface area contributed by atoms with E-state index in [0.29, 0.717) is 17.7 Å². The maximum atomic E-state index is 12.3. The molecule has 3 rings (SSSR count). The number of imide groups is 1. The van der Waals surface area contributed by atoms with Crippen LogP contribution in [-0.2, 0) is 15.1 Å². The Morgan fingerprint density at radius 1 is 1.43 bits per heavy atom. The van der Waals surface area contributed by atoms with E-state index in [0.717, 1.165) is 19.4 Å². The van der Waals surface area contributed by atoms with E-state index in [4.69, 9.17) is 4.74 Å². The molecular formula is C16H19N3O4. The summed E-state index contributed by atoms with van der Waals surface area (Å²) in [6.07, 6.45) is 2.04. The second-order valence-electron chi connectivity index (χ2n) is 5.96. The standard InChI is InChI=1S/C16H19N3O4/c1-16(14(21)18-15(22)19-16)11-5-2-4-10(8-11)13(20)17-9-12-6-3-7-23-12/h2,4-5,8,12H,3,6-7,9H2,1H3,(H,17,20)(H2,18,19,21,22). The van der Waals surface area contributed by atoms with Crippen molar-refractivity contribution in [2.24, 2.45) is 0 Å². The van der Waals surface area contributed by atoms with Gasteiger partial charge < -0.3 is 15.4 Å². The maximum absolute atomic E-state index is 12.3. The van der Waals surface area contributed by atoms with E-state index in [2.05, 4.69) is 16.0 Å². The van der Waals surface area contributed by atoms with Gasteiger partial charge in [-0.3, -0.25) is 14.9 Å². The Balaban J connectivity index is 1.73. The van der Waals surface area contributed by atoms with Crippen LogP contribution in [-0.4, -0.2) is 37.1 Å². The van der Waals surface area contributed by atoms with Gasteiger partial charge >= 0.3 is 6.03 Å². The average Bonchev–Trinajstić information content (AvgIpc) is 3.14. The number of urea groups is 1. The third-order valence-electron chi connectivity index (χ3n) is 4.26. The Kier molecular flexibility index (Phi) is 4.04. The molecule has 0 spiro atoms. The van der Waals surface area contributed by atoms with Crippen molar-refractivity contribution in [2.45, 2.75) is 31.4 Å². The van der Waals surface area contributed by atoms with E-state index >= 15 is 0 Å². The highest BCUT2D eigenvalue weighted by molar-refractivity contribution is 6.07. The highest BCUT2D eigenvalue weighted by Crippen LogP contribution is 2.25. The molecule has 7 nitrogen and oxygen atoms in total. The second-order valence-corrected chi connectivity index (χ2v) is 5.96. The molecule has 23 heavy (non-hydrogen) atoms. The van der Waals surface area contributed by atoms with Crippen molar-refractivity contribution >= 4 is 17.8 Å². The first kappa shape index (κ1) is 15.5. The van der Waals surface area contributed by atoms with Crippen molar-refractivity contribution in [3.05, 3.63) is 35.4 Å². The molecule has 0 aromatic heterocycles. The molecule has 2 aliphatic rings. The maximum Gasteiger partial charge on any atom is 0.322 e. The van der Waals surface area contributed by atoms with Crippen LogP contribution in [0.5, 0.6) is 0 Å². The van der Waals surface area contributed by atoms with Gasteiger partial charge in [-0.1, -0.05) is 12.1 Å². The van der Waals surface area contributed by atoms with Gasteiger partial charge in [-0.15, -0.1) is 0 Å². The number of carbonyl (C=O) groups excluding carboxylic acids is 3. The van der Waals surface area contributed by atoms with Gasteiger partial charge in [0.1, 0.15) is 5.54 Å². The van der Waals surface area contributed by atoms with E-state index in [9.17, 15) is 14.4 Å². The molecular weight excluding hydrogens is 298 g/mol. The van der Waals surface area contributed by atoms with Crippen molar-refractivity contribution in [3.8, 4) is 0 Å². The van der Waals surface area contributed by atoms with Crippen molar-refractivity contribution in [1.82, 2.24) is 16.0 Å². The highest BCUT2D eigenvalue weighted by atomic mass is 16.5. The third-order valence-corrected chi connectivity index (χ3v) is 4.26. The third kappa shape index (κ3) is 3.05. The van der Waals surface area contributed by atoms with Crippen molar-refractivity contribution in [2.75, 3.05) is 13.2 Å². The topological polar surface area (TPSA) is 96.5 Å². The van der Waals surface area contributed by atoms with Crippen LogP contribution in [0.25, 0.3) is 0 Å². The zero-order valence-electron chi connectivity index (χ0n) is 12.8. The molecule has 2 saturated heterocycles. The molecule has 3 N–H and O–H groups in total. The van der Waals surface area contributed by atoms with Crippen LogP contribution < -0.4 is 16.0 Å². The van der Waals surface area contributed by atoms with E-state index in [1.807, 2.05) is 0 Å². The lowest BCUT2D eigenvalue weighted by Gasteiger charge is -2.21. The largest absolute Gasteiger partial charge is 0.376 e. The fraction of sp³-hybridized carbons (Fsp3) is 0.438. The van der Waals surface area contributed by atoms with Gasteiger partial charge in [0.05, 0.1) is 6.10 Å². The predicted octanol–water partition coefficient (Wildman–Crippen LogP) is 0.650. The molecule has 1 aromatic carbocycles. The Morgan fingerprint density at radius 3 is 2.91 bits per heavy atom. The van der Waals surface area contributed by atoms with Gasteiger partial charge in [-0.25, -0.2) is 4.79 Å². The first-order valence-corrected chi connectivity index (χ1v) is 7.63. The molecule has 4 amide bonds. The molecule has 1 aromatic rings. The molecule has 2 unspecified atom stereocenters. The Morgan fingerprint density at radius 2 is 2.26 bits per heavy atom. The van der Waals surface area contributed by atoms with Crippen LogP contribution in [0, 0.1) is 0 Å². The molecule has 7 heteroatoms. The van der Waals surface area contributed by atoms with Crippen molar-refractivity contribution in [1.29, 1.82) is 0 Å². The molecule has 0 radical (unpaired) electrons. The number of carbonyl (C=O) groups is 3. The summed E-state index contributed by atoms with van der Waals surface area (Å²) >= 11 is 0. The van der Waals surface area contributed by atoms with E-state index < -0.39 is 17.5 Å². The molecule has 0 bridgehead atoms. The zero-order chi connectivity index (χ0) is 16.4. The number of hydrogen-bond acceptors (Lipinski definition) is 4. The number of hydrogen-bond donors (Lipinski definition) is 3. The number of benzene rings is 1. The summed E-state index contributed by atoms with van der Waals surface area (Å²) in [4.78, 5) is 35.6. The van der Waals surface area contributed by atoms with Crippen molar-refractivity contribution in [3.63, 3.8) is 0 Å². The number of rotatable bonds is 4. The van der Waals surface area contributed by atoms with Gasteiger partial charge in [0.25, 0.3) is 11.8 Å². The molecule has 2 aliphatic heterocycles. The smallest absolute Gasteiger partial charge is 0.322 e. The molecule has 0 saturated carbocycles. The minimum absolute atomic E-state index is 0.0690. The van der Waals surface area contributed by atoms with Crippen LogP contribution in [0.4, 0.5) is 4.79 Å². The summed E-state index contributed by atoms with van der Waals surface area (Å²) in [5.74, 6) is -0.657.